The van der Waals surface area contributed by atoms with Crippen LogP contribution in [0, 0.1) is 0 Å². The van der Waals surface area contributed by atoms with Gasteiger partial charge in [0.15, 0.2) is 0 Å². The van der Waals surface area contributed by atoms with Gasteiger partial charge in [-0.3, -0.25) is 9.63 Å². The smallest absolute Gasteiger partial charge is 0.473 e. The lowest BCUT2D eigenvalue weighted by atomic mass is 10.5. The van der Waals surface area contributed by atoms with Gasteiger partial charge >= 0.3 is 12.1 Å². The van der Waals surface area contributed by atoms with Crippen molar-refractivity contribution >= 4 is 5.91 Å². The summed E-state index contributed by atoms with van der Waals surface area (Å²) in [6, 6.07) is 0. The van der Waals surface area contributed by atoms with Crippen molar-refractivity contribution in [2.45, 2.75) is 6.18 Å². The van der Waals surface area contributed by atoms with E-state index in [1.807, 2.05) is 21.1 Å². The number of halogens is 4. The number of carbonyl (C=O) groups is 1. The van der Waals surface area contributed by atoms with Crippen LogP contribution in [0.25, 0.3) is 0 Å². The third-order valence-electron chi connectivity index (χ3n) is 1.58. The van der Waals surface area contributed by atoms with E-state index in [2.05, 4.69) is 4.84 Å². The van der Waals surface area contributed by atoms with E-state index in [1.165, 1.54) is 0 Å². The van der Waals surface area contributed by atoms with Crippen LogP contribution in [-0.4, -0.2) is 63.0 Å². The van der Waals surface area contributed by atoms with E-state index in [0.717, 1.165) is 7.05 Å². The number of rotatable bonds is 4. The third-order valence-corrected chi connectivity index (χ3v) is 1.58. The minimum atomic E-state index is -4.88. The van der Waals surface area contributed by atoms with Gasteiger partial charge in [-0.2, -0.15) is 13.2 Å². The number of likely N-dealkylation sites (N-methyl/N-ethyl adjacent to an activating group) is 1. The van der Waals surface area contributed by atoms with Gasteiger partial charge in [0.1, 0.15) is 13.2 Å². The summed E-state index contributed by atoms with van der Waals surface area (Å²) >= 11 is 0. The fourth-order valence-electron chi connectivity index (χ4n) is 0.689. The average Bonchev–Trinajstić information content (AvgIpc) is 1.98. The standard InChI is InChI=1S/C8H16F3N2O2.ClH/c1-12(7(14)8(9,10)11)15-6-5-13(2,3)4;/h5-6H2,1-4H3;1H/q+1;/p-1. The molecule has 0 radical (unpaired) electrons. The molecule has 0 aliphatic rings. The minimum Gasteiger partial charge on any atom is -1.00 e. The summed E-state index contributed by atoms with van der Waals surface area (Å²) < 4.78 is 36.2. The second-order valence-corrected chi connectivity index (χ2v) is 4.15. The van der Waals surface area contributed by atoms with Crippen LogP contribution in [-0.2, 0) is 9.63 Å². The molecular formula is C8H16ClF3N2O2. The van der Waals surface area contributed by atoms with Crippen LogP contribution in [0.2, 0.25) is 0 Å². The van der Waals surface area contributed by atoms with Crippen molar-refractivity contribution in [3.05, 3.63) is 0 Å². The first-order valence-corrected chi connectivity index (χ1v) is 4.32. The van der Waals surface area contributed by atoms with Gasteiger partial charge in [-0.05, 0) is 0 Å². The molecule has 0 aliphatic heterocycles. The van der Waals surface area contributed by atoms with Crippen molar-refractivity contribution in [3.63, 3.8) is 0 Å². The average molecular weight is 265 g/mol. The molecule has 0 aromatic heterocycles. The maximum absolute atomic E-state index is 11.9. The van der Waals surface area contributed by atoms with Gasteiger partial charge in [-0.15, -0.1) is 0 Å². The molecule has 0 unspecified atom stereocenters. The van der Waals surface area contributed by atoms with Crippen molar-refractivity contribution in [2.75, 3.05) is 41.3 Å². The lowest BCUT2D eigenvalue weighted by Crippen LogP contribution is -3.00. The molecule has 0 atom stereocenters. The van der Waals surface area contributed by atoms with Gasteiger partial charge in [0.2, 0.25) is 0 Å². The number of amides is 1. The van der Waals surface area contributed by atoms with E-state index in [1.54, 1.807) is 0 Å². The molecule has 8 heteroatoms. The first kappa shape index (κ1) is 17.9. The number of hydroxylamine groups is 2. The molecule has 0 aromatic carbocycles. The molecule has 0 saturated heterocycles. The SMILES string of the molecule is CN(OCC[N+](C)(C)C)C(=O)C(F)(F)F.[Cl-]. The summed E-state index contributed by atoms with van der Waals surface area (Å²) in [5.41, 5.74) is 0. The number of hydrogen-bond acceptors (Lipinski definition) is 2. The fourth-order valence-corrected chi connectivity index (χ4v) is 0.689. The predicted octanol–water partition coefficient (Wildman–Crippen LogP) is -2.35. The summed E-state index contributed by atoms with van der Waals surface area (Å²) in [5.74, 6) is -2.00. The topological polar surface area (TPSA) is 29.5 Å². The van der Waals surface area contributed by atoms with E-state index in [0.29, 0.717) is 11.0 Å². The maximum atomic E-state index is 11.9. The van der Waals surface area contributed by atoms with Crippen molar-refractivity contribution in [1.29, 1.82) is 0 Å². The Morgan fingerprint density at radius 3 is 2.06 bits per heavy atom. The van der Waals surface area contributed by atoms with E-state index in [4.69, 9.17) is 0 Å². The summed E-state index contributed by atoms with van der Waals surface area (Å²) in [6.45, 7) is 0.567. The highest BCUT2D eigenvalue weighted by Crippen LogP contribution is 2.17. The number of quaternary nitrogens is 1. The quantitative estimate of drug-likeness (QED) is 0.420. The number of alkyl halides is 3. The Balaban J connectivity index is 0. The first-order valence-electron chi connectivity index (χ1n) is 4.32. The van der Waals surface area contributed by atoms with Crippen LogP contribution in [0.15, 0.2) is 0 Å². The monoisotopic (exact) mass is 264 g/mol. The summed E-state index contributed by atoms with van der Waals surface area (Å²) in [6.07, 6.45) is -4.88. The van der Waals surface area contributed by atoms with E-state index >= 15 is 0 Å². The van der Waals surface area contributed by atoms with Crippen LogP contribution < -0.4 is 12.4 Å². The maximum Gasteiger partial charge on any atom is 0.473 e. The minimum absolute atomic E-state index is 0. The molecule has 0 spiro atoms. The van der Waals surface area contributed by atoms with Crippen molar-refractivity contribution in [2.24, 2.45) is 0 Å². The van der Waals surface area contributed by atoms with Crippen LogP contribution in [0.3, 0.4) is 0 Å². The third kappa shape index (κ3) is 7.72. The predicted molar refractivity (Wildman–Crippen MR) is 47.7 cm³/mol. The van der Waals surface area contributed by atoms with Crippen LogP contribution in [0.1, 0.15) is 0 Å². The van der Waals surface area contributed by atoms with E-state index in [-0.39, 0.29) is 24.1 Å². The molecule has 0 N–H and O–H groups in total. The highest BCUT2D eigenvalue weighted by atomic mass is 35.5. The highest BCUT2D eigenvalue weighted by Gasteiger charge is 2.42. The summed E-state index contributed by atoms with van der Waals surface area (Å²) in [5, 5.41) is 0.218. The Labute approximate surface area is 98.9 Å². The van der Waals surface area contributed by atoms with Crippen LogP contribution in [0.4, 0.5) is 13.2 Å². The van der Waals surface area contributed by atoms with Gasteiger partial charge in [0, 0.05) is 7.05 Å². The number of nitrogens with zero attached hydrogens (tertiary/aromatic N) is 2. The zero-order valence-corrected chi connectivity index (χ0v) is 10.4. The molecule has 0 rings (SSSR count). The lowest BCUT2D eigenvalue weighted by Gasteiger charge is -2.25. The molecule has 0 saturated carbocycles. The number of hydrogen-bond donors (Lipinski definition) is 0. The molecule has 0 bridgehead atoms. The summed E-state index contributed by atoms with van der Waals surface area (Å²) in [4.78, 5) is 15.2. The van der Waals surface area contributed by atoms with E-state index in [9.17, 15) is 18.0 Å². The van der Waals surface area contributed by atoms with Crippen LogP contribution >= 0.6 is 0 Å². The Bertz CT molecular complexity index is 228. The van der Waals surface area contributed by atoms with E-state index < -0.39 is 12.1 Å². The van der Waals surface area contributed by atoms with Crippen molar-refractivity contribution in [1.82, 2.24) is 5.06 Å². The molecule has 0 aromatic rings. The van der Waals surface area contributed by atoms with Gasteiger partial charge in [0.05, 0.1) is 21.1 Å². The van der Waals surface area contributed by atoms with Gasteiger partial charge < -0.3 is 16.9 Å². The van der Waals surface area contributed by atoms with Crippen molar-refractivity contribution in [3.8, 4) is 0 Å². The second kappa shape index (κ2) is 6.27. The molecule has 0 fully saturated rings. The summed E-state index contributed by atoms with van der Waals surface area (Å²) in [7, 11) is 6.56. The van der Waals surface area contributed by atoms with Crippen molar-refractivity contribution < 1.29 is 39.7 Å². The molecule has 4 nitrogen and oxygen atoms in total. The first-order chi connectivity index (χ1) is 6.54. The Hall–Kier alpha value is -0.530. The Morgan fingerprint density at radius 1 is 1.31 bits per heavy atom. The zero-order chi connectivity index (χ0) is 12.3. The molecule has 0 heterocycles. The molecule has 0 aliphatic carbocycles. The number of carbonyl (C=O) groups excluding carboxylic acids is 1. The fraction of sp³-hybridized carbons (Fsp3) is 0.875. The normalized spacial score (nSPS) is 11.9. The molecule has 98 valence electrons. The molecule has 16 heavy (non-hydrogen) atoms. The Morgan fingerprint density at radius 2 is 1.75 bits per heavy atom. The molecular weight excluding hydrogens is 249 g/mol. The van der Waals surface area contributed by atoms with Gasteiger partial charge in [-0.1, -0.05) is 0 Å². The molecule has 1 amide bonds. The zero-order valence-electron chi connectivity index (χ0n) is 9.64. The second-order valence-electron chi connectivity index (χ2n) is 4.15. The lowest BCUT2D eigenvalue weighted by molar-refractivity contribution is -0.871. The highest BCUT2D eigenvalue weighted by molar-refractivity contribution is 5.80. The largest absolute Gasteiger partial charge is 1.00 e. The Kier molecular flexibility index (Phi) is 6.99. The van der Waals surface area contributed by atoms with Gasteiger partial charge in [-0.25, -0.2) is 5.06 Å². The van der Waals surface area contributed by atoms with Gasteiger partial charge in [0.25, 0.3) is 0 Å². The van der Waals surface area contributed by atoms with Crippen LogP contribution in [0.5, 0.6) is 0 Å².